The standard InChI is InChI=1S/C17H10INO2S2/c18-13-8-6-11(7-9-13)10-14-16(21)19(17(22)23-14)15(20)12-4-2-1-3-5-12/h1-10H/b14-10+. The molecule has 0 atom stereocenters. The van der Waals surface area contributed by atoms with Crippen LogP contribution in [-0.2, 0) is 4.79 Å². The molecule has 0 radical (unpaired) electrons. The first-order valence-electron chi connectivity index (χ1n) is 6.69. The Morgan fingerprint density at radius 1 is 1.09 bits per heavy atom. The number of nitrogens with zero attached hydrogens (tertiary/aromatic N) is 1. The Hall–Kier alpha value is -1.51. The van der Waals surface area contributed by atoms with Gasteiger partial charge in [0.25, 0.3) is 11.8 Å². The smallest absolute Gasteiger partial charge is 0.268 e. The number of rotatable bonds is 2. The molecule has 6 heteroatoms. The fourth-order valence-electron chi connectivity index (χ4n) is 2.06. The minimum atomic E-state index is -0.390. The molecule has 2 aromatic rings. The van der Waals surface area contributed by atoms with Crippen molar-refractivity contribution < 1.29 is 9.59 Å². The van der Waals surface area contributed by atoms with Crippen LogP contribution in [0.3, 0.4) is 0 Å². The highest BCUT2D eigenvalue weighted by molar-refractivity contribution is 14.1. The van der Waals surface area contributed by atoms with Crippen molar-refractivity contribution >= 4 is 68.8 Å². The monoisotopic (exact) mass is 451 g/mol. The molecule has 1 fully saturated rings. The lowest BCUT2D eigenvalue weighted by atomic mass is 10.2. The summed E-state index contributed by atoms with van der Waals surface area (Å²) in [5, 5.41) is 0. The van der Waals surface area contributed by atoms with Crippen LogP contribution in [0.2, 0.25) is 0 Å². The van der Waals surface area contributed by atoms with Gasteiger partial charge in [-0.2, -0.15) is 0 Å². The SMILES string of the molecule is O=C1/C(=C\c2ccc(I)cc2)SC(=S)N1C(=O)c1ccccc1. The molecule has 2 aromatic carbocycles. The molecule has 0 saturated carbocycles. The van der Waals surface area contributed by atoms with Gasteiger partial charge < -0.3 is 0 Å². The molecule has 23 heavy (non-hydrogen) atoms. The molecular formula is C17H10INO2S2. The third kappa shape index (κ3) is 3.54. The topological polar surface area (TPSA) is 37.4 Å². The highest BCUT2D eigenvalue weighted by Crippen LogP contribution is 2.33. The van der Waals surface area contributed by atoms with E-state index in [0.717, 1.165) is 25.8 Å². The summed E-state index contributed by atoms with van der Waals surface area (Å²) in [6, 6.07) is 16.4. The summed E-state index contributed by atoms with van der Waals surface area (Å²) in [4.78, 5) is 26.5. The predicted octanol–water partition coefficient (Wildman–Crippen LogP) is 4.33. The fourth-order valence-corrected chi connectivity index (χ4v) is 3.68. The van der Waals surface area contributed by atoms with E-state index in [4.69, 9.17) is 12.2 Å². The molecular weight excluding hydrogens is 441 g/mol. The molecule has 0 bridgehead atoms. The molecule has 0 spiro atoms. The first-order valence-corrected chi connectivity index (χ1v) is 8.99. The molecule has 0 N–H and O–H groups in total. The predicted molar refractivity (Wildman–Crippen MR) is 105 cm³/mol. The molecule has 3 rings (SSSR count). The van der Waals surface area contributed by atoms with Gasteiger partial charge in [0.2, 0.25) is 0 Å². The highest BCUT2D eigenvalue weighted by atomic mass is 127. The Bertz CT molecular complexity index is 816. The Labute approximate surface area is 156 Å². The maximum absolute atomic E-state index is 12.5. The van der Waals surface area contributed by atoms with E-state index >= 15 is 0 Å². The van der Waals surface area contributed by atoms with Crippen LogP contribution in [0.4, 0.5) is 0 Å². The van der Waals surface area contributed by atoms with E-state index in [1.807, 2.05) is 30.3 Å². The average molecular weight is 451 g/mol. The van der Waals surface area contributed by atoms with E-state index in [9.17, 15) is 9.59 Å². The minimum absolute atomic E-state index is 0.264. The Balaban J connectivity index is 1.88. The van der Waals surface area contributed by atoms with E-state index in [1.54, 1.807) is 30.3 Å². The fraction of sp³-hybridized carbons (Fsp3) is 0. The summed E-state index contributed by atoms with van der Waals surface area (Å²) in [7, 11) is 0. The number of amides is 2. The van der Waals surface area contributed by atoms with E-state index in [0.29, 0.717) is 10.5 Å². The molecule has 114 valence electrons. The molecule has 1 aliphatic heterocycles. The zero-order chi connectivity index (χ0) is 16.4. The second kappa shape index (κ2) is 6.94. The van der Waals surface area contributed by atoms with Crippen LogP contribution in [0.5, 0.6) is 0 Å². The maximum atomic E-state index is 12.5. The quantitative estimate of drug-likeness (QED) is 0.295. The number of thiocarbonyl (C=S) groups is 1. The summed E-state index contributed by atoms with van der Waals surface area (Å²) in [5.74, 6) is -0.758. The summed E-state index contributed by atoms with van der Waals surface area (Å²) >= 11 is 8.58. The summed E-state index contributed by atoms with van der Waals surface area (Å²) in [5.41, 5.74) is 1.34. The van der Waals surface area contributed by atoms with Gasteiger partial charge in [0.1, 0.15) is 0 Å². The van der Waals surface area contributed by atoms with Crippen molar-refractivity contribution in [2.75, 3.05) is 0 Å². The molecule has 1 heterocycles. The van der Waals surface area contributed by atoms with Gasteiger partial charge in [0.05, 0.1) is 4.91 Å². The molecule has 1 aliphatic rings. The van der Waals surface area contributed by atoms with Gasteiger partial charge in [-0.05, 0) is 58.5 Å². The van der Waals surface area contributed by atoms with Gasteiger partial charge in [-0.25, -0.2) is 4.90 Å². The summed E-state index contributed by atoms with van der Waals surface area (Å²) < 4.78 is 1.38. The van der Waals surface area contributed by atoms with Crippen LogP contribution >= 0.6 is 46.6 Å². The summed E-state index contributed by atoms with van der Waals surface area (Å²) in [6.07, 6.45) is 1.76. The van der Waals surface area contributed by atoms with Crippen molar-refractivity contribution in [3.8, 4) is 0 Å². The number of hydrogen-bond acceptors (Lipinski definition) is 4. The first kappa shape index (κ1) is 16.4. The number of carbonyl (C=O) groups is 2. The van der Waals surface area contributed by atoms with Gasteiger partial charge in [-0.3, -0.25) is 9.59 Å². The lowest BCUT2D eigenvalue weighted by molar-refractivity contribution is -0.120. The van der Waals surface area contributed by atoms with Crippen molar-refractivity contribution in [3.05, 3.63) is 74.2 Å². The number of benzene rings is 2. The third-order valence-corrected chi connectivity index (χ3v) is 5.21. The molecule has 3 nitrogen and oxygen atoms in total. The Morgan fingerprint density at radius 3 is 2.39 bits per heavy atom. The van der Waals surface area contributed by atoms with Crippen molar-refractivity contribution in [1.82, 2.24) is 4.90 Å². The van der Waals surface area contributed by atoms with Crippen LogP contribution in [-0.4, -0.2) is 21.0 Å². The largest absolute Gasteiger partial charge is 0.273 e. The Morgan fingerprint density at radius 2 is 1.74 bits per heavy atom. The van der Waals surface area contributed by atoms with Gasteiger partial charge in [0.15, 0.2) is 4.32 Å². The highest BCUT2D eigenvalue weighted by Gasteiger charge is 2.37. The third-order valence-electron chi connectivity index (χ3n) is 3.19. The number of carbonyl (C=O) groups excluding carboxylic acids is 2. The van der Waals surface area contributed by atoms with Gasteiger partial charge in [-0.1, -0.05) is 54.3 Å². The molecule has 2 amide bonds. The zero-order valence-corrected chi connectivity index (χ0v) is 15.5. The van der Waals surface area contributed by atoms with E-state index in [1.165, 1.54) is 0 Å². The number of halogens is 1. The van der Waals surface area contributed by atoms with Crippen LogP contribution in [0.1, 0.15) is 15.9 Å². The van der Waals surface area contributed by atoms with Gasteiger partial charge in [0, 0.05) is 9.13 Å². The lowest BCUT2D eigenvalue weighted by Gasteiger charge is -2.12. The average Bonchev–Trinajstić information content (AvgIpc) is 2.84. The van der Waals surface area contributed by atoms with Crippen molar-refractivity contribution in [2.45, 2.75) is 0 Å². The number of imide groups is 1. The lowest BCUT2D eigenvalue weighted by Crippen LogP contribution is -2.34. The normalized spacial score (nSPS) is 16.2. The van der Waals surface area contributed by atoms with Gasteiger partial charge >= 0.3 is 0 Å². The van der Waals surface area contributed by atoms with Crippen molar-refractivity contribution in [3.63, 3.8) is 0 Å². The van der Waals surface area contributed by atoms with Gasteiger partial charge in [-0.15, -0.1) is 0 Å². The van der Waals surface area contributed by atoms with Crippen LogP contribution < -0.4 is 0 Å². The molecule has 1 saturated heterocycles. The van der Waals surface area contributed by atoms with Crippen LogP contribution in [0, 0.1) is 3.57 Å². The Kier molecular flexibility index (Phi) is 4.93. The van der Waals surface area contributed by atoms with Crippen LogP contribution in [0.15, 0.2) is 59.5 Å². The maximum Gasteiger partial charge on any atom is 0.273 e. The van der Waals surface area contributed by atoms with E-state index < -0.39 is 0 Å². The second-order valence-corrected chi connectivity index (χ2v) is 7.66. The van der Waals surface area contributed by atoms with Crippen LogP contribution in [0.25, 0.3) is 6.08 Å². The molecule has 0 unspecified atom stereocenters. The molecule has 0 aromatic heterocycles. The zero-order valence-electron chi connectivity index (χ0n) is 11.7. The minimum Gasteiger partial charge on any atom is -0.268 e. The van der Waals surface area contributed by atoms with Crippen molar-refractivity contribution in [1.29, 1.82) is 0 Å². The first-order chi connectivity index (χ1) is 11.1. The van der Waals surface area contributed by atoms with E-state index in [-0.39, 0.29) is 16.1 Å². The van der Waals surface area contributed by atoms with E-state index in [2.05, 4.69) is 22.6 Å². The number of thioether (sulfide) groups is 1. The summed E-state index contributed by atoms with van der Waals surface area (Å²) in [6.45, 7) is 0. The second-order valence-electron chi connectivity index (χ2n) is 4.74. The molecule has 0 aliphatic carbocycles. The van der Waals surface area contributed by atoms with Crippen molar-refractivity contribution in [2.24, 2.45) is 0 Å². The number of hydrogen-bond donors (Lipinski definition) is 0.